The minimum atomic E-state index is -0.483. The Morgan fingerprint density at radius 2 is 0.561 bits per heavy atom. The molecule has 0 aromatic heterocycles. The summed E-state index contributed by atoms with van der Waals surface area (Å²) >= 11 is 0. The van der Waals surface area contributed by atoms with Crippen molar-refractivity contribution >= 4 is 46.9 Å². The Hall–Kier alpha value is -4.19. The van der Waals surface area contributed by atoms with E-state index >= 15 is 0 Å². The topological polar surface area (TPSA) is 0 Å². The third kappa shape index (κ3) is 7.52. The highest BCUT2D eigenvalue weighted by Crippen LogP contribution is 2.33. The van der Waals surface area contributed by atoms with Crippen molar-refractivity contribution < 1.29 is 0 Å². The molecule has 0 fully saturated rings. The van der Waals surface area contributed by atoms with E-state index in [-0.39, 0.29) is 0 Å². The van der Waals surface area contributed by atoms with E-state index in [0.717, 1.165) is 0 Å². The summed E-state index contributed by atoms with van der Waals surface area (Å²) in [7, 11) is -0.483. The summed E-state index contributed by atoms with van der Waals surface area (Å²) in [6.07, 6.45) is 0. The van der Waals surface area contributed by atoms with Gasteiger partial charge in [-0.25, -0.2) is 0 Å². The summed E-state index contributed by atoms with van der Waals surface area (Å²) in [6, 6.07) is 59.0. The second-order valence-corrected chi connectivity index (χ2v) is 12.7. The highest BCUT2D eigenvalue weighted by molar-refractivity contribution is 7.79. The zero-order chi connectivity index (χ0) is 28.4. The highest BCUT2D eigenvalue weighted by atomic mass is 31.1. The van der Waals surface area contributed by atoms with Crippen LogP contribution in [0.1, 0.15) is 16.7 Å². The van der Waals surface area contributed by atoms with Crippen LogP contribution in [0.25, 0.3) is 0 Å². The predicted octanol–water partition coefficient (Wildman–Crippen LogP) is 6.57. The minimum absolute atomic E-state index is 0.309. The van der Waals surface area contributed by atoms with Gasteiger partial charge in [0.25, 0.3) is 0 Å². The SMILES string of the molecule is Cc1ccc(P(c2ccc(C)cc2)c2ccc(C)cc2)cc1.c1ccc(B(c2ccccc2)c2ccccc2)cc1. The smallest absolute Gasteiger partial charge is 0.0687 e. The molecule has 6 aromatic carbocycles. The van der Waals surface area contributed by atoms with Crippen molar-refractivity contribution in [3.05, 3.63) is 180 Å². The van der Waals surface area contributed by atoms with E-state index in [4.69, 9.17) is 0 Å². The lowest BCUT2D eigenvalue weighted by molar-refractivity contribution is 1.48. The van der Waals surface area contributed by atoms with Crippen LogP contribution in [0.3, 0.4) is 0 Å². The molecule has 200 valence electrons. The van der Waals surface area contributed by atoms with E-state index in [1.54, 1.807) is 0 Å². The summed E-state index contributed by atoms with van der Waals surface area (Å²) < 4.78 is 0. The Balaban J connectivity index is 0.000000166. The van der Waals surface area contributed by atoms with Crippen LogP contribution < -0.4 is 32.3 Å². The molecule has 0 heterocycles. The van der Waals surface area contributed by atoms with Gasteiger partial charge in [0.05, 0.1) is 0 Å². The van der Waals surface area contributed by atoms with Gasteiger partial charge >= 0.3 is 0 Å². The lowest BCUT2D eigenvalue weighted by atomic mass is 9.37. The van der Waals surface area contributed by atoms with E-state index in [0.29, 0.717) is 6.71 Å². The van der Waals surface area contributed by atoms with Crippen LogP contribution in [0.15, 0.2) is 164 Å². The fourth-order valence-electron chi connectivity index (χ4n) is 5.04. The summed E-state index contributed by atoms with van der Waals surface area (Å²) in [5, 5.41) is 4.23. The Morgan fingerprint density at radius 1 is 0.317 bits per heavy atom. The Bertz CT molecular complexity index is 1410. The van der Waals surface area contributed by atoms with Crippen LogP contribution >= 0.6 is 7.92 Å². The molecule has 0 nitrogen and oxygen atoms in total. The van der Waals surface area contributed by atoms with Gasteiger partial charge in [0.1, 0.15) is 0 Å². The molecular weight excluding hydrogens is 510 g/mol. The first-order chi connectivity index (χ1) is 20.1. The Kier molecular flexibility index (Phi) is 9.63. The second kappa shape index (κ2) is 13.9. The lowest BCUT2D eigenvalue weighted by Gasteiger charge is -2.20. The van der Waals surface area contributed by atoms with Gasteiger partial charge in [0, 0.05) is 0 Å². The third-order valence-electron chi connectivity index (χ3n) is 7.28. The normalized spacial score (nSPS) is 10.5. The molecule has 0 atom stereocenters. The van der Waals surface area contributed by atoms with Crippen molar-refractivity contribution in [2.45, 2.75) is 20.8 Å². The molecule has 0 saturated carbocycles. The quantitative estimate of drug-likeness (QED) is 0.164. The fourth-order valence-corrected chi connectivity index (χ4v) is 7.28. The predicted molar refractivity (Wildman–Crippen MR) is 183 cm³/mol. The first-order valence-electron chi connectivity index (χ1n) is 14.2. The standard InChI is InChI=1S/C21H21P.C18H15B/c1-16-4-10-19(11-5-16)22(20-12-6-17(2)7-13-20)21-14-8-18(3)9-15-21;1-4-10-16(11-5-1)19(17-12-6-2-7-13-17)18-14-8-3-9-15-18/h4-15H,1-3H3;1-15H. The maximum Gasteiger partial charge on any atom is 0.241 e. The molecule has 6 rings (SSSR count). The minimum Gasteiger partial charge on any atom is -0.0687 e. The molecule has 2 heteroatoms. The van der Waals surface area contributed by atoms with Crippen molar-refractivity contribution in [3.8, 4) is 0 Å². The van der Waals surface area contributed by atoms with Gasteiger partial charge in [-0.15, -0.1) is 0 Å². The van der Waals surface area contributed by atoms with Crippen molar-refractivity contribution in [2.24, 2.45) is 0 Å². The highest BCUT2D eigenvalue weighted by Gasteiger charge is 2.20. The Morgan fingerprint density at radius 3 is 0.805 bits per heavy atom. The molecule has 0 aliphatic heterocycles. The van der Waals surface area contributed by atoms with Crippen LogP contribution in [-0.2, 0) is 0 Å². The third-order valence-corrected chi connectivity index (χ3v) is 9.72. The van der Waals surface area contributed by atoms with Gasteiger partial charge in [-0.2, -0.15) is 0 Å². The number of hydrogen-bond acceptors (Lipinski definition) is 0. The van der Waals surface area contributed by atoms with Crippen molar-refractivity contribution in [2.75, 3.05) is 0 Å². The zero-order valence-electron chi connectivity index (χ0n) is 24.1. The van der Waals surface area contributed by atoms with Gasteiger partial charge in [-0.3, -0.25) is 0 Å². The maximum absolute atomic E-state index is 2.28. The van der Waals surface area contributed by atoms with Crippen molar-refractivity contribution in [1.82, 2.24) is 0 Å². The van der Waals surface area contributed by atoms with Crippen LogP contribution in [0, 0.1) is 20.8 Å². The van der Waals surface area contributed by atoms with Crippen LogP contribution in [0.4, 0.5) is 0 Å². The van der Waals surface area contributed by atoms with Gasteiger partial charge < -0.3 is 0 Å². The average Bonchev–Trinajstić information content (AvgIpc) is 3.02. The fraction of sp³-hybridized carbons (Fsp3) is 0.0769. The largest absolute Gasteiger partial charge is 0.241 e. The molecular formula is C39H36BP. The van der Waals surface area contributed by atoms with Gasteiger partial charge in [-0.05, 0) is 44.6 Å². The second-order valence-electron chi connectivity index (χ2n) is 10.5. The number of rotatable bonds is 6. The first kappa shape index (κ1) is 28.3. The number of aryl methyl sites for hydroxylation is 3. The first-order valence-corrected chi connectivity index (χ1v) is 15.6. The molecule has 0 amide bonds. The van der Waals surface area contributed by atoms with Crippen LogP contribution in [0.5, 0.6) is 0 Å². The van der Waals surface area contributed by atoms with Crippen LogP contribution in [0.2, 0.25) is 0 Å². The number of hydrogen-bond donors (Lipinski definition) is 0. The summed E-state index contributed by atoms with van der Waals surface area (Å²) in [6.45, 7) is 6.74. The van der Waals surface area contributed by atoms with Gasteiger partial charge in [0.15, 0.2) is 0 Å². The molecule has 0 aliphatic rings. The molecule has 0 bridgehead atoms. The lowest BCUT2D eigenvalue weighted by Crippen LogP contribution is -2.51. The van der Waals surface area contributed by atoms with Crippen LogP contribution in [-0.4, -0.2) is 6.71 Å². The van der Waals surface area contributed by atoms with Gasteiger partial charge in [0.2, 0.25) is 6.71 Å². The summed E-state index contributed by atoms with van der Waals surface area (Å²) in [5.74, 6) is 0. The van der Waals surface area contributed by atoms with E-state index < -0.39 is 7.92 Å². The Labute approximate surface area is 247 Å². The van der Waals surface area contributed by atoms with E-state index in [1.165, 1.54) is 49.0 Å². The van der Waals surface area contributed by atoms with Crippen molar-refractivity contribution in [1.29, 1.82) is 0 Å². The summed E-state index contributed by atoms with van der Waals surface area (Å²) in [4.78, 5) is 0. The zero-order valence-corrected chi connectivity index (χ0v) is 25.0. The van der Waals surface area contributed by atoms with E-state index in [1.807, 2.05) is 0 Å². The molecule has 0 aliphatic carbocycles. The van der Waals surface area contributed by atoms with Crippen molar-refractivity contribution in [3.63, 3.8) is 0 Å². The van der Waals surface area contributed by atoms with Gasteiger partial charge in [-0.1, -0.05) is 197 Å². The monoisotopic (exact) mass is 546 g/mol. The average molecular weight is 547 g/mol. The molecule has 6 aromatic rings. The molecule has 0 saturated heterocycles. The summed E-state index contributed by atoms with van der Waals surface area (Å²) in [5.41, 5.74) is 7.93. The molecule has 41 heavy (non-hydrogen) atoms. The molecule has 0 N–H and O–H groups in total. The maximum atomic E-state index is 2.28. The van der Waals surface area contributed by atoms with E-state index in [2.05, 4.69) is 185 Å². The van der Waals surface area contributed by atoms with E-state index in [9.17, 15) is 0 Å². The molecule has 0 spiro atoms. The molecule has 0 unspecified atom stereocenters. The molecule has 0 radical (unpaired) electrons. The number of benzene rings is 6.